The summed E-state index contributed by atoms with van der Waals surface area (Å²) in [7, 11) is 1.46. The number of halogens is 4. The highest BCUT2D eigenvalue weighted by atomic mass is 35.5. The first-order chi connectivity index (χ1) is 17.5. The predicted molar refractivity (Wildman–Crippen MR) is 140 cm³/mol. The number of carbonyl (C=O) groups is 2. The van der Waals surface area contributed by atoms with Crippen LogP contribution in [0.25, 0.3) is 0 Å². The maximum absolute atomic E-state index is 14.0. The molecule has 0 saturated carbocycles. The fourth-order valence-electron chi connectivity index (χ4n) is 4.45. The van der Waals surface area contributed by atoms with Gasteiger partial charge >= 0.3 is 5.97 Å². The average molecular weight is 567 g/mol. The average Bonchev–Trinajstić information content (AvgIpc) is 3.17. The zero-order valence-electron chi connectivity index (χ0n) is 20.0. The van der Waals surface area contributed by atoms with Crippen molar-refractivity contribution in [3.05, 3.63) is 91.7 Å². The predicted octanol–water partition coefficient (Wildman–Crippen LogP) is 6.46. The summed E-state index contributed by atoms with van der Waals surface area (Å²) >= 11 is 17.9. The first-order valence-corrected chi connectivity index (χ1v) is 12.4. The second-order valence-corrected chi connectivity index (χ2v) is 10.3. The van der Waals surface area contributed by atoms with Gasteiger partial charge in [-0.1, -0.05) is 46.9 Å². The molecule has 10 heteroatoms. The van der Waals surface area contributed by atoms with Gasteiger partial charge in [0, 0.05) is 30.5 Å². The molecular weight excluding hydrogens is 544 g/mol. The van der Waals surface area contributed by atoms with Crippen molar-refractivity contribution < 1.29 is 28.6 Å². The minimum Gasteiger partial charge on any atom is -0.493 e. The number of methoxy groups -OCH3 is 1. The molecule has 0 spiro atoms. The molecule has 0 bridgehead atoms. The third-order valence-corrected chi connectivity index (χ3v) is 7.09. The lowest BCUT2D eigenvalue weighted by Crippen LogP contribution is -2.35. The van der Waals surface area contributed by atoms with Crippen molar-refractivity contribution in [2.24, 2.45) is 0 Å². The molecule has 6 nitrogen and oxygen atoms in total. The monoisotopic (exact) mass is 565 g/mol. The highest BCUT2D eigenvalue weighted by molar-refractivity contribution is 6.42. The van der Waals surface area contributed by atoms with Gasteiger partial charge in [-0.2, -0.15) is 0 Å². The Hall–Kier alpha value is -3.00. The maximum Gasteiger partial charge on any atom is 0.323 e. The van der Waals surface area contributed by atoms with E-state index in [9.17, 15) is 19.1 Å². The number of rotatable bonds is 8. The lowest BCUT2D eigenvalue weighted by atomic mass is 9.91. The molecule has 0 saturated heterocycles. The summed E-state index contributed by atoms with van der Waals surface area (Å²) in [5.74, 6) is -1.33. The molecule has 3 aromatic carbocycles. The van der Waals surface area contributed by atoms with E-state index in [1.165, 1.54) is 30.2 Å². The molecule has 1 aliphatic heterocycles. The maximum atomic E-state index is 14.0. The van der Waals surface area contributed by atoms with E-state index in [1.807, 2.05) is 6.92 Å². The zero-order chi connectivity index (χ0) is 26.9. The normalized spacial score (nSPS) is 16.2. The summed E-state index contributed by atoms with van der Waals surface area (Å²) in [6.07, 6.45) is 0.820. The number of carboxylic acid groups (broad SMARTS) is 1. The van der Waals surface area contributed by atoms with Crippen molar-refractivity contribution >= 4 is 46.7 Å². The van der Waals surface area contributed by atoms with Gasteiger partial charge < -0.3 is 19.5 Å². The van der Waals surface area contributed by atoms with Gasteiger partial charge in [-0.3, -0.25) is 9.59 Å². The number of hydrogen-bond donors (Lipinski definition) is 1. The van der Waals surface area contributed by atoms with Gasteiger partial charge in [0.25, 0.3) is 5.91 Å². The van der Waals surface area contributed by atoms with Crippen molar-refractivity contribution in [3.63, 3.8) is 0 Å². The number of amides is 1. The molecule has 194 valence electrons. The Bertz CT molecular complexity index is 1380. The van der Waals surface area contributed by atoms with E-state index in [0.29, 0.717) is 45.5 Å². The Labute approximate surface area is 228 Å². The Morgan fingerprint density at radius 2 is 1.76 bits per heavy atom. The minimum atomic E-state index is -1.16. The highest BCUT2D eigenvalue weighted by Crippen LogP contribution is 2.44. The van der Waals surface area contributed by atoms with Crippen LogP contribution in [0.15, 0.2) is 48.5 Å². The molecule has 1 N–H and O–H groups in total. The van der Waals surface area contributed by atoms with E-state index in [1.54, 1.807) is 30.3 Å². The van der Waals surface area contributed by atoms with E-state index in [2.05, 4.69) is 0 Å². The molecule has 0 fully saturated rings. The molecule has 0 aliphatic carbocycles. The summed E-state index contributed by atoms with van der Waals surface area (Å²) in [4.78, 5) is 26.2. The Balaban J connectivity index is 1.61. The SMILES string of the molecule is COc1cc(C(=O)N(CC(=O)O)Cc2ccc(Cl)c(Cl)c2)cc2c1O[C@](C)(Cc1ccc(Cl)c(F)c1)C2. The number of nitrogens with zero attached hydrogens (tertiary/aromatic N) is 1. The molecule has 4 rings (SSSR count). The number of aliphatic carboxylic acids is 1. The van der Waals surface area contributed by atoms with E-state index in [-0.39, 0.29) is 17.1 Å². The molecule has 0 radical (unpaired) electrons. The van der Waals surface area contributed by atoms with Gasteiger partial charge in [0.1, 0.15) is 18.0 Å². The Kier molecular flexibility index (Phi) is 7.88. The van der Waals surface area contributed by atoms with Crippen LogP contribution in [0.2, 0.25) is 15.1 Å². The molecule has 1 heterocycles. The van der Waals surface area contributed by atoms with E-state index < -0.39 is 29.8 Å². The van der Waals surface area contributed by atoms with Crippen LogP contribution in [0.3, 0.4) is 0 Å². The van der Waals surface area contributed by atoms with Crippen LogP contribution in [0.4, 0.5) is 4.39 Å². The largest absolute Gasteiger partial charge is 0.493 e. The molecule has 1 atom stereocenters. The number of benzene rings is 3. The quantitative estimate of drug-likeness (QED) is 0.339. The summed E-state index contributed by atoms with van der Waals surface area (Å²) in [6.45, 7) is 1.38. The molecule has 1 amide bonds. The first kappa shape index (κ1) is 27.0. The second-order valence-electron chi connectivity index (χ2n) is 9.12. The fraction of sp³-hybridized carbons (Fsp3) is 0.259. The number of carboxylic acids is 1. The summed E-state index contributed by atoms with van der Waals surface area (Å²) in [5, 5.41) is 10.1. The van der Waals surface area contributed by atoms with Gasteiger partial charge in [-0.05, 0) is 54.4 Å². The Morgan fingerprint density at radius 1 is 1.05 bits per heavy atom. The van der Waals surface area contributed by atoms with Gasteiger partial charge in [-0.15, -0.1) is 0 Å². The van der Waals surface area contributed by atoms with Gasteiger partial charge in [0.05, 0.1) is 22.2 Å². The third kappa shape index (κ3) is 6.12. The topological polar surface area (TPSA) is 76.1 Å². The molecule has 0 unspecified atom stereocenters. The highest BCUT2D eigenvalue weighted by Gasteiger charge is 2.38. The van der Waals surface area contributed by atoms with Crippen molar-refractivity contribution in [2.45, 2.75) is 31.9 Å². The fourth-order valence-corrected chi connectivity index (χ4v) is 4.89. The van der Waals surface area contributed by atoms with Crippen LogP contribution in [0.1, 0.15) is 34.0 Å². The lowest BCUT2D eigenvalue weighted by Gasteiger charge is -2.24. The zero-order valence-corrected chi connectivity index (χ0v) is 22.3. The second kappa shape index (κ2) is 10.8. The lowest BCUT2D eigenvalue weighted by molar-refractivity contribution is -0.137. The van der Waals surface area contributed by atoms with Crippen LogP contribution in [-0.4, -0.2) is 41.1 Å². The summed E-state index contributed by atoms with van der Waals surface area (Å²) in [5.41, 5.74) is 1.59. The summed E-state index contributed by atoms with van der Waals surface area (Å²) in [6, 6.07) is 12.7. The molecule has 1 aliphatic rings. The van der Waals surface area contributed by atoms with Crippen molar-refractivity contribution in [3.8, 4) is 11.5 Å². The van der Waals surface area contributed by atoms with Crippen LogP contribution in [-0.2, 0) is 24.2 Å². The molecule has 0 aromatic heterocycles. The standard InChI is InChI=1S/C27H23Cl3FNO5/c1-27(11-15-3-6-20(29)22(31)8-15)12-18-9-17(10-23(36-2)25(18)37-27)26(35)32(14-24(33)34)13-16-4-5-19(28)21(30)7-16/h3-10H,11-14H2,1-2H3,(H,33,34)/t27-/m1/s1. The minimum absolute atomic E-state index is 0.0117. The number of carbonyl (C=O) groups excluding carboxylic acids is 1. The van der Waals surface area contributed by atoms with Crippen LogP contribution < -0.4 is 9.47 Å². The molecular formula is C27H23Cl3FNO5. The number of fused-ring (bicyclic) bond motifs is 1. The molecule has 37 heavy (non-hydrogen) atoms. The van der Waals surface area contributed by atoms with Crippen molar-refractivity contribution in [2.75, 3.05) is 13.7 Å². The smallest absolute Gasteiger partial charge is 0.323 e. The van der Waals surface area contributed by atoms with Gasteiger partial charge in [0.15, 0.2) is 11.5 Å². The van der Waals surface area contributed by atoms with Crippen LogP contribution in [0, 0.1) is 5.82 Å². The van der Waals surface area contributed by atoms with Crippen molar-refractivity contribution in [1.29, 1.82) is 0 Å². The van der Waals surface area contributed by atoms with Crippen molar-refractivity contribution in [1.82, 2.24) is 4.90 Å². The van der Waals surface area contributed by atoms with E-state index in [4.69, 9.17) is 44.3 Å². The molecule has 3 aromatic rings. The van der Waals surface area contributed by atoms with Gasteiger partial charge in [-0.25, -0.2) is 4.39 Å². The third-order valence-electron chi connectivity index (χ3n) is 6.04. The van der Waals surface area contributed by atoms with Gasteiger partial charge in [0.2, 0.25) is 0 Å². The number of hydrogen-bond acceptors (Lipinski definition) is 4. The van der Waals surface area contributed by atoms with E-state index >= 15 is 0 Å². The van der Waals surface area contributed by atoms with E-state index in [0.717, 1.165) is 5.56 Å². The summed E-state index contributed by atoms with van der Waals surface area (Å²) < 4.78 is 25.7. The van der Waals surface area contributed by atoms with Crippen LogP contribution >= 0.6 is 34.8 Å². The number of ether oxygens (including phenoxy) is 2. The first-order valence-electron chi connectivity index (χ1n) is 11.3. The van der Waals surface area contributed by atoms with Crippen LogP contribution in [0.5, 0.6) is 11.5 Å². The Morgan fingerprint density at radius 3 is 2.41 bits per heavy atom.